The molecular formula is C20H23N3O2S. The summed E-state index contributed by atoms with van der Waals surface area (Å²) in [6.45, 7) is 5.94. The number of amides is 1. The van der Waals surface area contributed by atoms with Gasteiger partial charge in [0.2, 0.25) is 0 Å². The number of nitrogens with zero attached hydrogens (tertiary/aromatic N) is 3. The molecule has 136 valence electrons. The molecule has 0 saturated carbocycles. The molecule has 2 aromatic heterocycles. The van der Waals surface area contributed by atoms with Crippen molar-refractivity contribution in [2.45, 2.75) is 33.5 Å². The van der Waals surface area contributed by atoms with E-state index in [-0.39, 0.29) is 5.91 Å². The maximum atomic E-state index is 12.7. The standard InChI is InChI=1S/C20H23N3O2S/c1-4-23-15(2)17(11-21-23)12-22(3)20(24)19-10-16(14-26-19)13-25-18-8-6-5-7-9-18/h5-11,14H,4,12-13H2,1-3H3. The van der Waals surface area contributed by atoms with Crippen molar-refractivity contribution >= 4 is 17.2 Å². The summed E-state index contributed by atoms with van der Waals surface area (Å²) in [5.41, 5.74) is 3.19. The summed E-state index contributed by atoms with van der Waals surface area (Å²) >= 11 is 1.45. The van der Waals surface area contributed by atoms with Crippen LogP contribution in [0.5, 0.6) is 5.75 Å². The van der Waals surface area contributed by atoms with Crippen LogP contribution in [0.2, 0.25) is 0 Å². The maximum Gasteiger partial charge on any atom is 0.263 e. The highest BCUT2D eigenvalue weighted by atomic mass is 32.1. The molecule has 3 rings (SSSR count). The van der Waals surface area contributed by atoms with Crippen LogP contribution in [0.15, 0.2) is 48.0 Å². The number of thiophene rings is 1. The fourth-order valence-corrected chi connectivity index (χ4v) is 3.61. The minimum atomic E-state index is 0.0182. The molecule has 0 unspecified atom stereocenters. The molecule has 26 heavy (non-hydrogen) atoms. The smallest absolute Gasteiger partial charge is 0.263 e. The Morgan fingerprint density at radius 3 is 2.77 bits per heavy atom. The van der Waals surface area contributed by atoms with Crippen molar-refractivity contribution in [2.24, 2.45) is 0 Å². The fourth-order valence-electron chi connectivity index (χ4n) is 2.72. The van der Waals surface area contributed by atoms with Gasteiger partial charge in [0.15, 0.2) is 0 Å². The lowest BCUT2D eigenvalue weighted by Gasteiger charge is -2.16. The van der Waals surface area contributed by atoms with E-state index in [1.54, 1.807) is 4.90 Å². The van der Waals surface area contributed by atoms with E-state index in [0.717, 1.165) is 34.0 Å². The van der Waals surface area contributed by atoms with E-state index in [9.17, 15) is 4.79 Å². The van der Waals surface area contributed by atoms with Crippen LogP contribution in [0, 0.1) is 6.92 Å². The molecule has 0 radical (unpaired) electrons. The molecule has 0 bridgehead atoms. The van der Waals surface area contributed by atoms with Crippen LogP contribution in [0.25, 0.3) is 0 Å². The van der Waals surface area contributed by atoms with Crippen molar-refractivity contribution < 1.29 is 9.53 Å². The lowest BCUT2D eigenvalue weighted by Crippen LogP contribution is -2.25. The SMILES string of the molecule is CCn1ncc(CN(C)C(=O)c2cc(COc3ccccc3)cs2)c1C. The third-order valence-corrected chi connectivity index (χ3v) is 5.24. The van der Waals surface area contributed by atoms with Crippen LogP contribution >= 0.6 is 11.3 Å². The zero-order chi connectivity index (χ0) is 18.5. The number of benzene rings is 1. The van der Waals surface area contributed by atoms with Crippen LogP contribution < -0.4 is 4.74 Å². The van der Waals surface area contributed by atoms with Crippen molar-refractivity contribution in [3.8, 4) is 5.75 Å². The number of rotatable bonds is 7. The molecule has 1 aromatic carbocycles. The lowest BCUT2D eigenvalue weighted by atomic mass is 10.2. The zero-order valence-electron chi connectivity index (χ0n) is 15.3. The molecule has 0 atom stereocenters. The van der Waals surface area contributed by atoms with E-state index < -0.39 is 0 Å². The van der Waals surface area contributed by atoms with Gasteiger partial charge >= 0.3 is 0 Å². The number of para-hydroxylation sites is 1. The van der Waals surface area contributed by atoms with E-state index in [0.29, 0.717) is 13.2 Å². The Bertz CT molecular complexity index is 870. The van der Waals surface area contributed by atoms with Crippen molar-refractivity contribution in [2.75, 3.05) is 7.05 Å². The van der Waals surface area contributed by atoms with Crippen molar-refractivity contribution in [3.63, 3.8) is 0 Å². The monoisotopic (exact) mass is 369 g/mol. The summed E-state index contributed by atoms with van der Waals surface area (Å²) in [5, 5.41) is 6.32. The molecule has 2 heterocycles. The Morgan fingerprint density at radius 1 is 1.31 bits per heavy atom. The summed E-state index contributed by atoms with van der Waals surface area (Å²) in [6.07, 6.45) is 1.84. The van der Waals surface area contributed by atoms with Crippen LogP contribution in [0.3, 0.4) is 0 Å². The van der Waals surface area contributed by atoms with Gasteiger partial charge in [-0.15, -0.1) is 11.3 Å². The normalized spacial score (nSPS) is 10.7. The Balaban J connectivity index is 1.60. The summed E-state index contributed by atoms with van der Waals surface area (Å²) in [6, 6.07) is 11.6. The molecule has 0 aliphatic rings. The molecule has 5 nitrogen and oxygen atoms in total. The summed E-state index contributed by atoms with van der Waals surface area (Å²) in [7, 11) is 1.82. The van der Waals surface area contributed by atoms with E-state index in [1.165, 1.54) is 11.3 Å². The topological polar surface area (TPSA) is 47.4 Å². The lowest BCUT2D eigenvalue weighted by molar-refractivity contribution is 0.0789. The molecular weight excluding hydrogens is 346 g/mol. The molecule has 0 aliphatic carbocycles. The summed E-state index contributed by atoms with van der Waals surface area (Å²) in [4.78, 5) is 15.1. The van der Waals surface area contributed by atoms with Crippen LogP contribution in [-0.2, 0) is 19.7 Å². The van der Waals surface area contributed by atoms with Gasteiger partial charge < -0.3 is 9.64 Å². The van der Waals surface area contributed by atoms with E-state index in [4.69, 9.17) is 4.74 Å². The van der Waals surface area contributed by atoms with E-state index >= 15 is 0 Å². The highest BCUT2D eigenvalue weighted by Gasteiger charge is 2.17. The van der Waals surface area contributed by atoms with Gasteiger partial charge in [-0.3, -0.25) is 9.48 Å². The van der Waals surface area contributed by atoms with Crippen LogP contribution in [0.1, 0.15) is 33.4 Å². The minimum Gasteiger partial charge on any atom is -0.489 e. The number of aryl methyl sites for hydroxylation is 1. The average Bonchev–Trinajstić information content (AvgIpc) is 3.27. The molecule has 0 spiro atoms. The largest absolute Gasteiger partial charge is 0.489 e. The van der Waals surface area contributed by atoms with Gasteiger partial charge in [0, 0.05) is 37.0 Å². The zero-order valence-corrected chi connectivity index (χ0v) is 16.1. The number of hydrogen-bond donors (Lipinski definition) is 0. The predicted molar refractivity (Wildman–Crippen MR) is 104 cm³/mol. The molecule has 0 saturated heterocycles. The van der Waals surface area contributed by atoms with Crippen LogP contribution in [0.4, 0.5) is 0 Å². The quantitative estimate of drug-likeness (QED) is 0.629. The second-order valence-corrected chi connectivity index (χ2v) is 7.06. The van der Waals surface area contributed by atoms with Gasteiger partial charge in [0.1, 0.15) is 12.4 Å². The number of hydrogen-bond acceptors (Lipinski definition) is 4. The first-order chi connectivity index (χ1) is 12.6. The second-order valence-electron chi connectivity index (χ2n) is 6.15. The molecule has 0 aliphatic heterocycles. The number of ether oxygens (including phenoxy) is 1. The Hall–Kier alpha value is -2.60. The number of aromatic nitrogens is 2. The average molecular weight is 369 g/mol. The van der Waals surface area contributed by atoms with E-state index in [1.807, 2.05) is 66.6 Å². The summed E-state index contributed by atoms with van der Waals surface area (Å²) in [5.74, 6) is 0.844. The summed E-state index contributed by atoms with van der Waals surface area (Å²) < 4.78 is 7.69. The minimum absolute atomic E-state index is 0.0182. The third-order valence-electron chi connectivity index (χ3n) is 4.27. The molecule has 3 aromatic rings. The first-order valence-corrected chi connectivity index (χ1v) is 9.48. The fraction of sp³-hybridized carbons (Fsp3) is 0.300. The van der Waals surface area contributed by atoms with Gasteiger partial charge in [0.05, 0.1) is 11.1 Å². The maximum absolute atomic E-state index is 12.7. The third kappa shape index (κ3) is 4.14. The molecule has 1 amide bonds. The van der Waals surface area contributed by atoms with Gasteiger partial charge in [0.25, 0.3) is 5.91 Å². The highest BCUT2D eigenvalue weighted by Crippen LogP contribution is 2.20. The number of carbonyl (C=O) groups excluding carboxylic acids is 1. The predicted octanol–water partition coefficient (Wildman–Crippen LogP) is 4.12. The number of carbonyl (C=O) groups is 1. The van der Waals surface area contributed by atoms with Gasteiger partial charge in [-0.2, -0.15) is 5.10 Å². The molecule has 0 N–H and O–H groups in total. The van der Waals surface area contributed by atoms with Crippen LogP contribution in [-0.4, -0.2) is 27.6 Å². The molecule has 0 fully saturated rings. The highest BCUT2D eigenvalue weighted by molar-refractivity contribution is 7.12. The van der Waals surface area contributed by atoms with E-state index in [2.05, 4.69) is 12.0 Å². The Kier molecular flexibility index (Phi) is 5.73. The molecule has 6 heteroatoms. The second kappa shape index (κ2) is 8.19. The Morgan fingerprint density at radius 2 is 2.08 bits per heavy atom. The van der Waals surface area contributed by atoms with Gasteiger partial charge in [-0.1, -0.05) is 18.2 Å². The first-order valence-electron chi connectivity index (χ1n) is 8.60. The Labute approximate surface area is 157 Å². The van der Waals surface area contributed by atoms with Crippen molar-refractivity contribution in [1.29, 1.82) is 0 Å². The van der Waals surface area contributed by atoms with Gasteiger partial charge in [-0.25, -0.2) is 0 Å². The van der Waals surface area contributed by atoms with Gasteiger partial charge in [-0.05, 0) is 37.4 Å². The first kappa shape index (κ1) is 18.2. The van der Waals surface area contributed by atoms with Crippen molar-refractivity contribution in [3.05, 3.63) is 69.7 Å². The van der Waals surface area contributed by atoms with Crippen molar-refractivity contribution in [1.82, 2.24) is 14.7 Å².